The molecule has 0 saturated carbocycles. The van der Waals surface area contributed by atoms with Gasteiger partial charge in [0.05, 0.1) is 6.61 Å². The number of aliphatic hydroxyl groups is 2. The third-order valence-corrected chi connectivity index (χ3v) is 6.41. The Hall–Kier alpha value is -1.59. The van der Waals surface area contributed by atoms with Crippen molar-refractivity contribution in [1.82, 2.24) is 5.32 Å². The van der Waals surface area contributed by atoms with Gasteiger partial charge in [-0.15, -0.1) is 0 Å². The smallest absolute Gasteiger partial charge is 0.256 e. The Bertz CT molecular complexity index is 698. The fraction of sp³-hybridized carbons (Fsp3) is 0.759. The predicted molar refractivity (Wildman–Crippen MR) is 141 cm³/mol. The normalized spacial score (nSPS) is 13.5. The Balaban J connectivity index is 2.92. The van der Waals surface area contributed by atoms with Gasteiger partial charge in [0.2, 0.25) is 0 Å². The predicted octanol–water partition coefficient (Wildman–Crippen LogP) is 6.38. The van der Waals surface area contributed by atoms with E-state index in [1.54, 1.807) is 6.07 Å². The summed E-state index contributed by atoms with van der Waals surface area (Å²) in [6.45, 7) is 11.2. The van der Waals surface area contributed by atoms with Crippen molar-refractivity contribution in [3.8, 4) is 5.75 Å². The molecule has 5 nitrogen and oxygen atoms in total. The summed E-state index contributed by atoms with van der Waals surface area (Å²) >= 11 is 0. The van der Waals surface area contributed by atoms with Crippen LogP contribution in [-0.2, 0) is 15.8 Å². The quantitative estimate of drug-likeness (QED) is 0.214. The summed E-state index contributed by atoms with van der Waals surface area (Å²) in [5.41, 5.74) is -0.317. The number of hydrogen-bond acceptors (Lipinski definition) is 4. The van der Waals surface area contributed by atoms with E-state index in [1.165, 1.54) is 44.9 Å². The zero-order valence-corrected chi connectivity index (χ0v) is 22.5. The van der Waals surface area contributed by atoms with E-state index in [0.717, 1.165) is 31.2 Å². The van der Waals surface area contributed by atoms with Gasteiger partial charge in [0.15, 0.2) is 5.60 Å². The van der Waals surface area contributed by atoms with Gasteiger partial charge in [-0.1, -0.05) is 98.5 Å². The number of aliphatic hydroxyl groups excluding tert-OH is 1. The van der Waals surface area contributed by atoms with Crippen LogP contribution < -0.4 is 10.1 Å². The molecule has 0 spiro atoms. The lowest BCUT2D eigenvalue weighted by molar-refractivity contribution is -0.142. The van der Waals surface area contributed by atoms with Crippen LogP contribution in [0, 0.1) is 0 Å². The lowest BCUT2D eigenvalue weighted by Gasteiger charge is -2.34. The molecule has 0 aliphatic rings. The van der Waals surface area contributed by atoms with E-state index in [4.69, 9.17) is 9.84 Å². The van der Waals surface area contributed by atoms with Gasteiger partial charge in [-0.05, 0) is 47.9 Å². The van der Waals surface area contributed by atoms with Gasteiger partial charge < -0.3 is 20.3 Å². The second kappa shape index (κ2) is 16.1. The maximum absolute atomic E-state index is 13.2. The molecular weight excluding hydrogens is 426 g/mol. The van der Waals surface area contributed by atoms with Gasteiger partial charge >= 0.3 is 0 Å². The molecule has 1 atom stereocenters. The first-order valence-electron chi connectivity index (χ1n) is 13.6. The number of nitrogens with one attached hydrogen (secondary N) is 1. The molecule has 3 N–H and O–H groups in total. The van der Waals surface area contributed by atoms with Crippen LogP contribution in [0.3, 0.4) is 0 Å². The standard InChI is InChI=1S/C29H51NO4/c1-6-8-9-10-11-12-13-14-15-16-19-29(33,27(32)30-20-7-2)25-18-17-24(34-22-21-31)23-26(25)28(3,4)5/h17-18,23,31,33H,6-16,19-22H2,1-5H3,(H,30,32). The van der Waals surface area contributed by atoms with Crippen LogP contribution in [0.25, 0.3) is 0 Å². The molecule has 0 saturated heterocycles. The molecule has 0 fully saturated rings. The molecule has 5 heteroatoms. The van der Waals surface area contributed by atoms with Crippen LogP contribution in [0.15, 0.2) is 18.2 Å². The molecule has 1 aromatic rings. The lowest BCUT2D eigenvalue weighted by atomic mass is 9.76. The Morgan fingerprint density at radius 3 is 2.00 bits per heavy atom. The Morgan fingerprint density at radius 1 is 0.882 bits per heavy atom. The number of carbonyl (C=O) groups excluding carboxylic acids is 1. The minimum Gasteiger partial charge on any atom is -0.491 e. The summed E-state index contributed by atoms with van der Waals surface area (Å²) in [4.78, 5) is 13.2. The number of amides is 1. The summed E-state index contributed by atoms with van der Waals surface area (Å²) in [6, 6.07) is 5.52. The first-order valence-corrected chi connectivity index (χ1v) is 13.6. The van der Waals surface area contributed by atoms with Crippen LogP contribution in [-0.4, -0.2) is 35.9 Å². The molecule has 196 valence electrons. The first kappa shape index (κ1) is 30.4. The SMILES string of the molecule is CCCCCCCCCCCCC(O)(C(=O)NCCC)c1ccc(OCCO)cc1C(C)(C)C. The van der Waals surface area contributed by atoms with Gasteiger partial charge in [-0.3, -0.25) is 4.79 Å². The zero-order chi connectivity index (χ0) is 25.5. The van der Waals surface area contributed by atoms with Crippen molar-refractivity contribution in [2.45, 2.75) is 123 Å². The van der Waals surface area contributed by atoms with Gasteiger partial charge in [0, 0.05) is 6.54 Å². The number of unbranched alkanes of at least 4 members (excludes halogenated alkanes) is 9. The largest absolute Gasteiger partial charge is 0.491 e. The number of benzene rings is 1. The third-order valence-electron chi connectivity index (χ3n) is 6.41. The van der Waals surface area contributed by atoms with Crippen LogP contribution >= 0.6 is 0 Å². The fourth-order valence-corrected chi connectivity index (χ4v) is 4.38. The van der Waals surface area contributed by atoms with Crippen LogP contribution in [0.2, 0.25) is 0 Å². The fourth-order valence-electron chi connectivity index (χ4n) is 4.38. The summed E-state index contributed by atoms with van der Waals surface area (Å²) in [6.07, 6.45) is 13.3. The number of carbonyl (C=O) groups is 1. The highest BCUT2D eigenvalue weighted by Crippen LogP contribution is 2.38. The molecule has 1 amide bonds. The van der Waals surface area contributed by atoms with E-state index in [-0.39, 0.29) is 24.5 Å². The maximum atomic E-state index is 13.2. The Morgan fingerprint density at radius 2 is 1.47 bits per heavy atom. The second-order valence-electron chi connectivity index (χ2n) is 10.6. The maximum Gasteiger partial charge on any atom is 0.256 e. The molecule has 0 bridgehead atoms. The molecule has 0 aliphatic heterocycles. The average molecular weight is 478 g/mol. The monoisotopic (exact) mass is 477 g/mol. The highest BCUT2D eigenvalue weighted by molar-refractivity contribution is 5.87. The summed E-state index contributed by atoms with van der Waals surface area (Å²) < 4.78 is 5.62. The average Bonchev–Trinajstić information content (AvgIpc) is 2.81. The number of ether oxygens (including phenoxy) is 1. The molecule has 1 aromatic carbocycles. The zero-order valence-electron chi connectivity index (χ0n) is 22.5. The Kier molecular flexibility index (Phi) is 14.5. The summed E-state index contributed by atoms with van der Waals surface area (Å²) in [5, 5.41) is 23.9. The van der Waals surface area contributed by atoms with E-state index in [1.807, 2.05) is 19.1 Å². The van der Waals surface area contributed by atoms with Crippen molar-refractivity contribution in [3.05, 3.63) is 29.3 Å². The summed E-state index contributed by atoms with van der Waals surface area (Å²) in [7, 11) is 0. The van der Waals surface area contributed by atoms with E-state index >= 15 is 0 Å². The van der Waals surface area contributed by atoms with Crippen molar-refractivity contribution in [2.24, 2.45) is 0 Å². The lowest BCUT2D eigenvalue weighted by Crippen LogP contribution is -2.46. The summed E-state index contributed by atoms with van der Waals surface area (Å²) in [5.74, 6) is 0.317. The highest BCUT2D eigenvalue weighted by Gasteiger charge is 2.40. The molecule has 0 heterocycles. The molecule has 0 aliphatic carbocycles. The molecule has 1 unspecified atom stereocenters. The topological polar surface area (TPSA) is 78.8 Å². The van der Waals surface area contributed by atoms with Gasteiger partial charge in [-0.25, -0.2) is 0 Å². The van der Waals surface area contributed by atoms with Crippen LogP contribution in [0.5, 0.6) is 5.75 Å². The molecule has 1 rings (SSSR count). The molecule has 0 radical (unpaired) electrons. The van der Waals surface area contributed by atoms with Gasteiger partial charge in [-0.2, -0.15) is 0 Å². The third kappa shape index (κ3) is 10.4. The van der Waals surface area contributed by atoms with Crippen molar-refractivity contribution in [1.29, 1.82) is 0 Å². The van der Waals surface area contributed by atoms with Crippen molar-refractivity contribution < 1.29 is 19.7 Å². The molecular formula is C29H51NO4. The van der Waals surface area contributed by atoms with E-state index in [9.17, 15) is 9.90 Å². The van der Waals surface area contributed by atoms with Crippen molar-refractivity contribution in [2.75, 3.05) is 19.8 Å². The van der Waals surface area contributed by atoms with Gasteiger partial charge in [0.25, 0.3) is 5.91 Å². The minimum absolute atomic E-state index is 0.0608. The van der Waals surface area contributed by atoms with E-state index in [0.29, 0.717) is 24.3 Å². The van der Waals surface area contributed by atoms with Crippen LogP contribution in [0.4, 0.5) is 0 Å². The van der Waals surface area contributed by atoms with E-state index in [2.05, 4.69) is 33.0 Å². The number of hydrogen-bond donors (Lipinski definition) is 3. The highest BCUT2D eigenvalue weighted by atomic mass is 16.5. The minimum atomic E-state index is -1.58. The number of rotatable bonds is 18. The first-order chi connectivity index (χ1) is 16.2. The van der Waals surface area contributed by atoms with Gasteiger partial charge in [0.1, 0.15) is 12.4 Å². The van der Waals surface area contributed by atoms with Crippen LogP contribution in [0.1, 0.15) is 123 Å². The molecule has 34 heavy (non-hydrogen) atoms. The van der Waals surface area contributed by atoms with E-state index < -0.39 is 5.60 Å². The Labute approximate surface area is 208 Å². The van der Waals surface area contributed by atoms with Crippen molar-refractivity contribution in [3.63, 3.8) is 0 Å². The molecule has 0 aromatic heterocycles. The van der Waals surface area contributed by atoms with Crippen molar-refractivity contribution >= 4 is 5.91 Å². The second-order valence-corrected chi connectivity index (χ2v) is 10.6.